The number of nitrogens with zero attached hydrogens (tertiary/aromatic N) is 1. The van der Waals surface area contributed by atoms with Crippen LogP contribution in [0.1, 0.15) is 0 Å². The van der Waals surface area contributed by atoms with Crippen molar-refractivity contribution in [2.45, 2.75) is 0 Å². The highest BCUT2D eigenvalue weighted by molar-refractivity contribution is 9.10. The third-order valence-electron chi connectivity index (χ3n) is 6.30. The Labute approximate surface area is 208 Å². The first kappa shape index (κ1) is 19.8. The maximum atomic E-state index is 6.10. The number of hydrogen-bond acceptors (Lipinski definition) is 3. The van der Waals surface area contributed by atoms with Gasteiger partial charge in [0.25, 0.3) is 0 Å². The lowest BCUT2D eigenvalue weighted by atomic mass is 10.1. The van der Waals surface area contributed by atoms with E-state index in [1.807, 2.05) is 23.5 Å². The predicted octanol–water partition coefficient (Wildman–Crippen LogP) is 10.2. The number of hydrogen-bond donors (Lipinski definition) is 0. The van der Waals surface area contributed by atoms with Crippen LogP contribution in [0.15, 0.2) is 118 Å². The van der Waals surface area contributed by atoms with Gasteiger partial charge in [0, 0.05) is 42.1 Å². The van der Waals surface area contributed by atoms with Crippen molar-refractivity contribution in [2.24, 2.45) is 0 Å². The number of rotatable bonds is 3. The largest absolute Gasteiger partial charge is 0.456 e. The van der Waals surface area contributed by atoms with Crippen LogP contribution < -0.4 is 4.90 Å². The van der Waals surface area contributed by atoms with E-state index >= 15 is 0 Å². The van der Waals surface area contributed by atoms with Crippen LogP contribution in [0.5, 0.6) is 0 Å². The number of anilines is 3. The number of thiophene rings is 1. The van der Waals surface area contributed by atoms with Gasteiger partial charge < -0.3 is 9.32 Å². The molecule has 0 aliphatic rings. The Morgan fingerprint density at radius 2 is 1.32 bits per heavy atom. The molecule has 0 fully saturated rings. The van der Waals surface area contributed by atoms with Crippen LogP contribution in [0.3, 0.4) is 0 Å². The molecule has 0 unspecified atom stereocenters. The van der Waals surface area contributed by atoms with Gasteiger partial charge in [-0.15, -0.1) is 11.3 Å². The van der Waals surface area contributed by atoms with Gasteiger partial charge in [0.15, 0.2) is 0 Å². The summed E-state index contributed by atoms with van der Waals surface area (Å²) in [6, 6.07) is 38.4. The molecule has 0 atom stereocenters. The van der Waals surface area contributed by atoms with E-state index in [2.05, 4.69) is 118 Å². The molecule has 162 valence electrons. The zero-order valence-corrected chi connectivity index (χ0v) is 20.4. The van der Waals surface area contributed by atoms with Crippen LogP contribution in [0.2, 0.25) is 0 Å². The second kappa shape index (κ2) is 7.73. The lowest BCUT2D eigenvalue weighted by molar-refractivity contribution is 0.669. The van der Waals surface area contributed by atoms with Gasteiger partial charge in [0.05, 0.1) is 10.4 Å². The summed E-state index contributed by atoms with van der Waals surface area (Å²) in [7, 11) is 0. The first-order chi connectivity index (χ1) is 16.8. The Kier molecular flexibility index (Phi) is 4.51. The van der Waals surface area contributed by atoms with Crippen molar-refractivity contribution in [3.63, 3.8) is 0 Å². The molecular weight excluding hydrogens is 502 g/mol. The van der Waals surface area contributed by atoms with Crippen LogP contribution in [0.25, 0.3) is 42.1 Å². The normalized spacial score (nSPS) is 11.7. The number of benzene rings is 5. The monoisotopic (exact) mass is 519 g/mol. The van der Waals surface area contributed by atoms with Gasteiger partial charge in [0.2, 0.25) is 0 Å². The van der Waals surface area contributed by atoms with E-state index in [0.717, 1.165) is 43.5 Å². The predicted molar refractivity (Wildman–Crippen MR) is 149 cm³/mol. The molecule has 0 saturated carbocycles. The van der Waals surface area contributed by atoms with Gasteiger partial charge in [-0.2, -0.15) is 0 Å². The average molecular weight is 520 g/mol. The molecular formula is C30H18BrNOS. The molecule has 34 heavy (non-hydrogen) atoms. The summed E-state index contributed by atoms with van der Waals surface area (Å²) < 4.78 is 9.73. The highest BCUT2D eigenvalue weighted by Gasteiger charge is 2.20. The zero-order valence-electron chi connectivity index (χ0n) is 18.0. The standard InChI is InChI=1S/C30H18BrNOS/c31-19-16-25-23-11-5-7-13-29(23)34-30(25)26(17-19)32(20-8-2-1-3-9-20)21-14-15-28-24(18-21)22-10-4-6-12-27(22)33-28/h1-18H. The third kappa shape index (κ3) is 3.07. The molecule has 7 aromatic rings. The number of para-hydroxylation sites is 2. The van der Waals surface area contributed by atoms with E-state index in [1.165, 1.54) is 20.2 Å². The van der Waals surface area contributed by atoms with Crippen LogP contribution >= 0.6 is 27.3 Å². The fourth-order valence-corrected chi connectivity index (χ4v) is 6.43. The molecule has 2 nitrogen and oxygen atoms in total. The minimum absolute atomic E-state index is 0.902. The molecule has 0 aliphatic carbocycles. The SMILES string of the molecule is Brc1cc(N(c2ccccc2)c2ccc3oc4ccccc4c3c2)c2sc3ccccc3c2c1. The lowest BCUT2D eigenvalue weighted by Crippen LogP contribution is -2.10. The van der Waals surface area contributed by atoms with Gasteiger partial charge in [0.1, 0.15) is 11.2 Å². The first-order valence-corrected chi connectivity index (χ1v) is 12.7. The van der Waals surface area contributed by atoms with E-state index in [0.29, 0.717) is 0 Å². The Bertz CT molecular complexity index is 1830. The van der Waals surface area contributed by atoms with Gasteiger partial charge in [-0.1, -0.05) is 70.5 Å². The van der Waals surface area contributed by atoms with Gasteiger partial charge in [-0.05, 0) is 54.6 Å². The van der Waals surface area contributed by atoms with E-state index < -0.39 is 0 Å². The summed E-state index contributed by atoms with van der Waals surface area (Å²) in [5, 5.41) is 4.81. The molecule has 0 amide bonds. The van der Waals surface area contributed by atoms with Crippen molar-refractivity contribution >= 4 is 86.4 Å². The summed E-state index contributed by atoms with van der Waals surface area (Å²) in [5.74, 6) is 0. The molecule has 4 heteroatoms. The Morgan fingerprint density at radius 3 is 2.21 bits per heavy atom. The van der Waals surface area contributed by atoms with E-state index in [9.17, 15) is 0 Å². The quantitative estimate of drug-likeness (QED) is 0.230. The van der Waals surface area contributed by atoms with Crippen molar-refractivity contribution in [3.05, 3.63) is 114 Å². The number of fused-ring (bicyclic) bond motifs is 6. The Hall–Kier alpha value is -3.60. The number of furan rings is 1. The second-order valence-electron chi connectivity index (χ2n) is 8.35. The van der Waals surface area contributed by atoms with Gasteiger partial charge in [-0.25, -0.2) is 0 Å². The molecule has 2 heterocycles. The molecule has 0 N–H and O–H groups in total. The van der Waals surface area contributed by atoms with Crippen molar-refractivity contribution in [2.75, 3.05) is 4.90 Å². The van der Waals surface area contributed by atoms with Crippen LogP contribution in [0.4, 0.5) is 17.1 Å². The first-order valence-electron chi connectivity index (χ1n) is 11.1. The molecule has 2 aromatic heterocycles. The summed E-state index contributed by atoms with van der Waals surface area (Å²) in [5.41, 5.74) is 5.19. The maximum absolute atomic E-state index is 6.10. The second-order valence-corrected chi connectivity index (χ2v) is 10.3. The summed E-state index contributed by atoms with van der Waals surface area (Å²) in [6.45, 7) is 0. The highest BCUT2D eigenvalue weighted by atomic mass is 79.9. The van der Waals surface area contributed by atoms with Crippen molar-refractivity contribution < 1.29 is 4.42 Å². The molecule has 0 spiro atoms. The third-order valence-corrected chi connectivity index (χ3v) is 7.96. The smallest absolute Gasteiger partial charge is 0.135 e. The fraction of sp³-hybridized carbons (Fsp3) is 0. The summed E-state index contributed by atoms with van der Waals surface area (Å²) >= 11 is 5.64. The van der Waals surface area contributed by atoms with E-state index in [-0.39, 0.29) is 0 Å². The van der Waals surface area contributed by atoms with Crippen molar-refractivity contribution in [3.8, 4) is 0 Å². The lowest BCUT2D eigenvalue weighted by Gasteiger charge is -2.26. The Morgan fingerprint density at radius 1 is 0.588 bits per heavy atom. The average Bonchev–Trinajstić information content (AvgIpc) is 3.43. The van der Waals surface area contributed by atoms with Gasteiger partial charge in [-0.3, -0.25) is 0 Å². The number of halogens is 1. The fourth-order valence-electron chi connectivity index (χ4n) is 4.80. The summed E-state index contributed by atoms with van der Waals surface area (Å²) in [4.78, 5) is 2.35. The van der Waals surface area contributed by atoms with Crippen LogP contribution in [-0.2, 0) is 0 Å². The molecule has 0 aliphatic heterocycles. The van der Waals surface area contributed by atoms with Crippen molar-refractivity contribution in [1.82, 2.24) is 0 Å². The minimum atomic E-state index is 0.902. The minimum Gasteiger partial charge on any atom is -0.456 e. The van der Waals surface area contributed by atoms with Crippen molar-refractivity contribution in [1.29, 1.82) is 0 Å². The van der Waals surface area contributed by atoms with Crippen LogP contribution in [0, 0.1) is 0 Å². The van der Waals surface area contributed by atoms with E-state index in [1.54, 1.807) is 0 Å². The summed E-state index contributed by atoms with van der Waals surface area (Å²) in [6.07, 6.45) is 0. The van der Waals surface area contributed by atoms with Crippen LogP contribution in [-0.4, -0.2) is 0 Å². The molecule has 5 aromatic carbocycles. The van der Waals surface area contributed by atoms with E-state index in [4.69, 9.17) is 4.42 Å². The molecule has 0 radical (unpaired) electrons. The highest BCUT2D eigenvalue weighted by Crippen LogP contribution is 2.46. The molecule has 0 bridgehead atoms. The van der Waals surface area contributed by atoms with Gasteiger partial charge >= 0.3 is 0 Å². The molecule has 0 saturated heterocycles. The molecule has 7 rings (SSSR count). The maximum Gasteiger partial charge on any atom is 0.135 e. The Balaban J connectivity index is 1.55. The zero-order chi connectivity index (χ0) is 22.6. The topological polar surface area (TPSA) is 16.4 Å².